The van der Waals surface area contributed by atoms with Crippen molar-refractivity contribution in [2.45, 2.75) is 40.0 Å². The number of nitrogens with zero attached hydrogens (tertiary/aromatic N) is 1. The van der Waals surface area contributed by atoms with Crippen LogP contribution in [0.1, 0.15) is 47.7 Å². The lowest BCUT2D eigenvalue weighted by Crippen LogP contribution is -2.12. The summed E-state index contributed by atoms with van der Waals surface area (Å²) in [6.45, 7) is 7.14. The topological polar surface area (TPSA) is 71.5 Å². The molecule has 5 nitrogen and oxygen atoms in total. The molecular formula is C19H26N2O3. The second kappa shape index (κ2) is 8.64. The van der Waals surface area contributed by atoms with Crippen LogP contribution in [0.15, 0.2) is 18.3 Å². The van der Waals surface area contributed by atoms with Gasteiger partial charge in [0.1, 0.15) is 5.56 Å². The highest BCUT2D eigenvalue weighted by Gasteiger charge is 2.17. The van der Waals surface area contributed by atoms with Gasteiger partial charge in [-0.25, -0.2) is 4.79 Å². The van der Waals surface area contributed by atoms with Gasteiger partial charge in [0.2, 0.25) is 0 Å². The SMILES string of the molecule is CCOC(=O)c1cnc2c(C)cc(C)cc2c1NCCCCCO. The molecular weight excluding hydrogens is 304 g/mol. The van der Waals surface area contributed by atoms with Gasteiger partial charge >= 0.3 is 5.97 Å². The van der Waals surface area contributed by atoms with Crippen LogP contribution in [0.4, 0.5) is 5.69 Å². The molecule has 0 radical (unpaired) electrons. The monoisotopic (exact) mass is 330 g/mol. The number of carbonyl (C=O) groups excluding carboxylic acids is 1. The zero-order valence-electron chi connectivity index (χ0n) is 14.7. The smallest absolute Gasteiger partial charge is 0.341 e. The van der Waals surface area contributed by atoms with Crippen molar-refractivity contribution >= 4 is 22.6 Å². The number of unbranched alkanes of at least 4 members (excludes halogenated alkanes) is 2. The van der Waals surface area contributed by atoms with E-state index >= 15 is 0 Å². The summed E-state index contributed by atoms with van der Waals surface area (Å²) in [4.78, 5) is 16.7. The van der Waals surface area contributed by atoms with Crippen LogP contribution in [0, 0.1) is 13.8 Å². The van der Waals surface area contributed by atoms with Crippen molar-refractivity contribution in [2.24, 2.45) is 0 Å². The largest absolute Gasteiger partial charge is 0.462 e. The van der Waals surface area contributed by atoms with Gasteiger partial charge in [-0.1, -0.05) is 11.6 Å². The Hall–Kier alpha value is -2.14. The van der Waals surface area contributed by atoms with E-state index < -0.39 is 0 Å². The van der Waals surface area contributed by atoms with Crippen molar-refractivity contribution < 1.29 is 14.6 Å². The van der Waals surface area contributed by atoms with Crippen molar-refractivity contribution in [2.75, 3.05) is 25.1 Å². The van der Waals surface area contributed by atoms with Crippen LogP contribution < -0.4 is 5.32 Å². The Balaban J connectivity index is 2.40. The normalized spacial score (nSPS) is 10.8. The minimum atomic E-state index is -0.357. The van der Waals surface area contributed by atoms with Crippen molar-refractivity contribution in [1.82, 2.24) is 4.98 Å². The fourth-order valence-electron chi connectivity index (χ4n) is 2.84. The molecule has 0 aliphatic carbocycles. The molecule has 24 heavy (non-hydrogen) atoms. The first-order chi connectivity index (χ1) is 11.6. The highest BCUT2D eigenvalue weighted by atomic mass is 16.5. The van der Waals surface area contributed by atoms with E-state index in [1.807, 2.05) is 19.9 Å². The average molecular weight is 330 g/mol. The molecule has 0 aliphatic heterocycles. The standard InChI is InChI=1S/C19H26N2O3/c1-4-24-19(23)16-12-21-17-14(3)10-13(2)11-15(17)18(16)20-8-6-5-7-9-22/h10-12,22H,4-9H2,1-3H3,(H,20,21). The van der Waals surface area contributed by atoms with Crippen LogP contribution in [0.2, 0.25) is 0 Å². The zero-order valence-corrected chi connectivity index (χ0v) is 14.7. The van der Waals surface area contributed by atoms with Crippen molar-refractivity contribution in [3.63, 3.8) is 0 Å². The molecule has 130 valence electrons. The Bertz CT molecular complexity index is 713. The van der Waals surface area contributed by atoms with E-state index in [4.69, 9.17) is 9.84 Å². The number of hydrogen-bond donors (Lipinski definition) is 2. The van der Waals surface area contributed by atoms with Crippen LogP contribution in [0.25, 0.3) is 10.9 Å². The van der Waals surface area contributed by atoms with Gasteiger partial charge < -0.3 is 15.2 Å². The molecule has 1 aromatic carbocycles. The highest BCUT2D eigenvalue weighted by Crippen LogP contribution is 2.29. The molecule has 1 aromatic heterocycles. The van der Waals surface area contributed by atoms with E-state index in [2.05, 4.69) is 16.4 Å². The number of rotatable bonds is 8. The Morgan fingerprint density at radius 2 is 2.04 bits per heavy atom. The molecule has 0 saturated heterocycles. The van der Waals surface area contributed by atoms with Gasteiger partial charge in [0.05, 0.1) is 17.8 Å². The molecule has 1 heterocycles. The van der Waals surface area contributed by atoms with Crippen molar-refractivity contribution in [1.29, 1.82) is 0 Å². The molecule has 2 N–H and O–H groups in total. The second-order valence-electron chi connectivity index (χ2n) is 5.96. The molecule has 0 unspecified atom stereocenters. The summed E-state index contributed by atoms with van der Waals surface area (Å²) in [7, 11) is 0. The number of nitrogens with one attached hydrogen (secondary N) is 1. The Morgan fingerprint density at radius 3 is 2.75 bits per heavy atom. The molecule has 0 amide bonds. The number of pyridine rings is 1. The number of aryl methyl sites for hydroxylation is 2. The first-order valence-corrected chi connectivity index (χ1v) is 8.50. The predicted octanol–water partition coefficient (Wildman–Crippen LogP) is 3.60. The second-order valence-corrected chi connectivity index (χ2v) is 5.96. The van der Waals surface area contributed by atoms with E-state index in [1.54, 1.807) is 13.1 Å². The summed E-state index contributed by atoms with van der Waals surface area (Å²) in [6.07, 6.45) is 4.26. The lowest BCUT2D eigenvalue weighted by Gasteiger charge is -2.15. The van der Waals surface area contributed by atoms with Crippen LogP contribution in [-0.2, 0) is 4.74 Å². The fraction of sp³-hybridized carbons (Fsp3) is 0.474. The number of carbonyl (C=O) groups is 1. The molecule has 0 aliphatic rings. The summed E-state index contributed by atoms with van der Waals surface area (Å²) < 4.78 is 5.17. The third-order valence-electron chi connectivity index (χ3n) is 3.94. The Kier molecular flexibility index (Phi) is 6.55. The molecule has 2 aromatic rings. The predicted molar refractivity (Wildman–Crippen MR) is 96.6 cm³/mol. The summed E-state index contributed by atoms with van der Waals surface area (Å²) in [5, 5.41) is 13.2. The molecule has 0 atom stereocenters. The number of aromatic nitrogens is 1. The van der Waals surface area contributed by atoms with Gasteiger partial charge in [0.25, 0.3) is 0 Å². The number of aliphatic hydroxyl groups excluding tert-OH is 1. The lowest BCUT2D eigenvalue weighted by molar-refractivity contribution is 0.0527. The zero-order chi connectivity index (χ0) is 17.5. The molecule has 0 bridgehead atoms. The first-order valence-electron chi connectivity index (χ1n) is 8.50. The van der Waals surface area contributed by atoms with Crippen molar-refractivity contribution in [3.05, 3.63) is 35.0 Å². The van der Waals surface area contributed by atoms with E-state index in [0.29, 0.717) is 12.2 Å². The van der Waals surface area contributed by atoms with Gasteiger partial charge in [0, 0.05) is 24.7 Å². The lowest BCUT2D eigenvalue weighted by atomic mass is 10.0. The molecule has 0 spiro atoms. The maximum absolute atomic E-state index is 12.3. The number of ether oxygens (including phenoxy) is 1. The van der Waals surface area contributed by atoms with E-state index in [0.717, 1.165) is 53.5 Å². The summed E-state index contributed by atoms with van der Waals surface area (Å²) in [5.74, 6) is -0.357. The van der Waals surface area contributed by atoms with Gasteiger partial charge in [-0.3, -0.25) is 4.98 Å². The van der Waals surface area contributed by atoms with Gasteiger partial charge in [-0.2, -0.15) is 0 Å². The average Bonchev–Trinajstić information content (AvgIpc) is 2.54. The van der Waals surface area contributed by atoms with Crippen LogP contribution in [-0.4, -0.2) is 35.8 Å². The quantitative estimate of drug-likeness (QED) is 0.571. The Morgan fingerprint density at radius 1 is 1.25 bits per heavy atom. The maximum Gasteiger partial charge on any atom is 0.341 e. The number of benzene rings is 1. The summed E-state index contributed by atoms with van der Waals surface area (Å²) in [5.41, 5.74) is 4.37. The summed E-state index contributed by atoms with van der Waals surface area (Å²) >= 11 is 0. The maximum atomic E-state index is 12.3. The minimum Gasteiger partial charge on any atom is -0.462 e. The Labute approximate surface area is 143 Å². The fourth-order valence-corrected chi connectivity index (χ4v) is 2.84. The van der Waals surface area contributed by atoms with Crippen LogP contribution >= 0.6 is 0 Å². The van der Waals surface area contributed by atoms with Gasteiger partial charge in [-0.15, -0.1) is 0 Å². The first kappa shape index (κ1) is 18.2. The number of anilines is 1. The van der Waals surface area contributed by atoms with Gasteiger partial charge in [-0.05, 0) is 51.7 Å². The van der Waals surface area contributed by atoms with Crippen molar-refractivity contribution in [3.8, 4) is 0 Å². The minimum absolute atomic E-state index is 0.213. The number of fused-ring (bicyclic) bond motifs is 1. The van der Waals surface area contributed by atoms with Gasteiger partial charge in [0.15, 0.2) is 0 Å². The molecule has 2 rings (SSSR count). The van der Waals surface area contributed by atoms with E-state index in [1.165, 1.54) is 0 Å². The highest BCUT2D eigenvalue weighted by molar-refractivity contribution is 6.05. The van der Waals surface area contributed by atoms with Crippen LogP contribution in [0.5, 0.6) is 0 Å². The summed E-state index contributed by atoms with van der Waals surface area (Å²) in [6, 6.07) is 4.14. The van der Waals surface area contributed by atoms with Crippen LogP contribution in [0.3, 0.4) is 0 Å². The van der Waals surface area contributed by atoms with E-state index in [9.17, 15) is 4.79 Å². The molecule has 0 fully saturated rings. The third kappa shape index (κ3) is 4.23. The van der Waals surface area contributed by atoms with E-state index in [-0.39, 0.29) is 12.6 Å². The molecule has 0 saturated carbocycles. The number of aliphatic hydroxyl groups is 1. The molecule has 5 heteroatoms. The number of esters is 1. The third-order valence-corrected chi connectivity index (χ3v) is 3.94. The number of hydrogen-bond acceptors (Lipinski definition) is 5.